The zero-order valence-electron chi connectivity index (χ0n) is 11.7. The first-order valence-corrected chi connectivity index (χ1v) is 12.9. The molecule has 0 N–H and O–H groups in total. The van der Waals surface area contributed by atoms with Crippen LogP contribution in [0.3, 0.4) is 0 Å². The topological polar surface area (TPSA) is 46.6 Å². The van der Waals surface area contributed by atoms with Crippen molar-refractivity contribution in [2.45, 2.75) is 58.2 Å². The molecular weight excluding hydrogens is 250 g/mol. The Hall–Kier alpha value is -0.626. The molecule has 0 aromatic heterocycles. The fraction of sp³-hybridized carbons (Fsp3) is 0.818. The molecule has 17 heavy (non-hydrogen) atoms. The summed E-state index contributed by atoms with van der Waals surface area (Å²) in [5, 5.41) is 0. The van der Waals surface area contributed by atoms with Crippen LogP contribution in [0.15, 0.2) is 0 Å². The first-order valence-electron chi connectivity index (χ1n) is 6.07. The molecule has 1 fully saturated rings. The maximum atomic E-state index is 12.1. The van der Waals surface area contributed by atoms with Crippen LogP contribution in [0, 0.1) is 0 Å². The smallest absolute Gasteiger partial charge is 0.314 e. The first kappa shape index (κ1) is 14.4. The number of rotatable bonds is 3. The highest BCUT2D eigenvalue weighted by Gasteiger charge is 2.44. The predicted octanol–water partition coefficient (Wildman–Crippen LogP) is 2.19. The highest BCUT2D eigenvalue weighted by Crippen LogP contribution is 2.27. The Bertz CT molecular complexity index is 331. The summed E-state index contributed by atoms with van der Waals surface area (Å²) < 4.78 is 7.34. The van der Waals surface area contributed by atoms with Gasteiger partial charge in [-0.1, -0.05) is 19.6 Å². The van der Waals surface area contributed by atoms with Crippen LogP contribution in [0.25, 0.3) is 0 Å². The number of carbonyl (C=O) groups excluding carboxylic acids is 2. The van der Waals surface area contributed by atoms with E-state index >= 15 is 0 Å². The van der Waals surface area contributed by atoms with Gasteiger partial charge in [0, 0.05) is 6.42 Å². The number of amides is 1. The van der Waals surface area contributed by atoms with Gasteiger partial charge in [-0.25, -0.2) is 0 Å². The molecule has 98 valence electrons. The van der Waals surface area contributed by atoms with Gasteiger partial charge in [0.2, 0.25) is 14.2 Å². The average Bonchev–Trinajstić information content (AvgIpc) is 2.42. The van der Waals surface area contributed by atoms with E-state index in [0.717, 1.165) is 0 Å². The summed E-state index contributed by atoms with van der Waals surface area (Å²) in [5.41, 5.74) is 0. The van der Waals surface area contributed by atoms with Crippen LogP contribution in [0.2, 0.25) is 39.3 Å². The van der Waals surface area contributed by atoms with Crippen molar-refractivity contribution in [3.63, 3.8) is 0 Å². The van der Waals surface area contributed by atoms with Crippen molar-refractivity contribution < 1.29 is 14.0 Å². The Kier molecular flexibility index (Phi) is 3.88. The van der Waals surface area contributed by atoms with Crippen molar-refractivity contribution in [2.75, 3.05) is 0 Å². The van der Waals surface area contributed by atoms with Crippen LogP contribution in [0.1, 0.15) is 12.8 Å². The zero-order valence-corrected chi connectivity index (χ0v) is 13.7. The average molecular weight is 273 g/mol. The number of hydrogen-bond donors (Lipinski definition) is 0. The minimum Gasteiger partial charge on any atom is -0.518 e. The molecule has 1 aliphatic heterocycles. The molecule has 6 heteroatoms. The second kappa shape index (κ2) is 4.57. The van der Waals surface area contributed by atoms with Gasteiger partial charge in [0.1, 0.15) is 6.04 Å². The molecular formula is C11H23NO3Si2. The van der Waals surface area contributed by atoms with Gasteiger partial charge in [0.15, 0.2) is 8.24 Å². The Labute approximate surface area is 106 Å². The third kappa shape index (κ3) is 3.67. The maximum absolute atomic E-state index is 12.1. The summed E-state index contributed by atoms with van der Waals surface area (Å²) in [6.45, 7) is 12.2. The van der Waals surface area contributed by atoms with E-state index in [-0.39, 0.29) is 17.9 Å². The lowest BCUT2D eigenvalue weighted by Crippen LogP contribution is -2.54. The van der Waals surface area contributed by atoms with Crippen molar-refractivity contribution >= 4 is 28.4 Å². The molecule has 0 bridgehead atoms. The monoisotopic (exact) mass is 273 g/mol. The van der Waals surface area contributed by atoms with Crippen molar-refractivity contribution in [2.24, 2.45) is 0 Å². The summed E-state index contributed by atoms with van der Waals surface area (Å²) >= 11 is 0. The van der Waals surface area contributed by atoms with Gasteiger partial charge in [0.05, 0.1) is 0 Å². The van der Waals surface area contributed by atoms with Gasteiger partial charge in [-0.05, 0) is 26.1 Å². The van der Waals surface area contributed by atoms with E-state index < -0.39 is 16.6 Å². The van der Waals surface area contributed by atoms with E-state index in [2.05, 4.69) is 19.6 Å². The Morgan fingerprint density at radius 2 is 1.76 bits per heavy atom. The first-order chi connectivity index (χ1) is 7.52. The van der Waals surface area contributed by atoms with Gasteiger partial charge in [0.25, 0.3) is 0 Å². The molecule has 1 amide bonds. The molecule has 0 radical (unpaired) electrons. The van der Waals surface area contributed by atoms with Crippen LogP contribution in [-0.2, 0) is 14.0 Å². The lowest BCUT2D eigenvalue weighted by molar-refractivity contribution is -0.141. The standard InChI is InChI=1S/C11H23NO3Si2/c1-16(2,3)12-9(7-8-10(12)13)11(14)15-17(4,5)6/h9H,7-8H2,1-6H3. The van der Waals surface area contributed by atoms with Gasteiger partial charge in [-0.2, -0.15) is 0 Å². The van der Waals surface area contributed by atoms with Crippen molar-refractivity contribution in [3.8, 4) is 0 Å². The Morgan fingerprint density at radius 1 is 1.24 bits per heavy atom. The van der Waals surface area contributed by atoms with Crippen molar-refractivity contribution in [3.05, 3.63) is 0 Å². The normalized spacial score (nSPS) is 21.9. The van der Waals surface area contributed by atoms with Crippen LogP contribution >= 0.6 is 0 Å². The summed E-state index contributed by atoms with van der Waals surface area (Å²) in [6, 6.07) is -0.333. The fourth-order valence-electron chi connectivity index (χ4n) is 2.12. The van der Waals surface area contributed by atoms with Crippen LogP contribution in [0.5, 0.6) is 0 Å². The Balaban J connectivity index is 2.84. The van der Waals surface area contributed by atoms with Gasteiger partial charge in [-0.15, -0.1) is 0 Å². The lowest BCUT2D eigenvalue weighted by Gasteiger charge is -2.35. The van der Waals surface area contributed by atoms with Gasteiger partial charge < -0.3 is 8.99 Å². The largest absolute Gasteiger partial charge is 0.518 e. The van der Waals surface area contributed by atoms with Gasteiger partial charge >= 0.3 is 5.97 Å². The van der Waals surface area contributed by atoms with Crippen molar-refractivity contribution in [1.82, 2.24) is 4.57 Å². The molecule has 1 unspecified atom stereocenters. The molecule has 0 aromatic rings. The van der Waals surface area contributed by atoms with E-state index in [1.54, 1.807) is 0 Å². The molecule has 4 nitrogen and oxygen atoms in total. The summed E-state index contributed by atoms with van der Waals surface area (Å²) in [5.74, 6) is -0.0841. The molecule has 1 heterocycles. The lowest BCUT2D eigenvalue weighted by atomic mass is 10.2. The molecule has 1 aliphatic rings. The fourth-order valence-corrected chi connectivity index (χ4v) is 4.89. The predicted molar refractivity (Wildman–Crippen MR) is 72.7 cm³/mol. The molecule has 1 rings (SSSR count). The molecule has 0 saturated carbocycles. The summed E-state index contributed by atoms with van der Waals surface area (Å²) in [4.78, 5) is 24.0. The number of carbonyl (C=O) groups is 2. The third-order valence-electron chi connectivity index (χ3n) is 2.61. The van der Waals surface area contributed by atoms with Crippen molar-refractivity contribution in [1.29, 1.82) is 0 Å². The summed E-state index contributed by atoms with van der Waals surface area (Å²) in [6.07, 6.45) is 1.10. The zero-order chi connectivity index (χ0) is 13.4. The third-order valence-corrected chi connectivity index (χ3v) is 5.43. The molecule has 1 atom stereocenters. The SMILES string of the molecule is C[Si](C)(C)OC(=O)C1CCC(=O)N1[Si](C)(C)C. The Morgan fingerprint density at radius 3 is 2.18 bits per heavy atom. The molecule has 1 saturated heterocycles. The number of hydrogen-bond acceptors (Lipinski definition) is 3. The molecule has 0 spiro atoms. The van der Waals surface area contributed by atoms with Crippen LogP contribution < -0.4 is 0 Å². The van der Waals surface area contributed by atoms with E-state index in [1.807, 2.05) is 24.2 Å². The van der Waals surface area contributed by atoms with E-state index in [9.17, 15) is 9.59 Å². The second-order valence-electron chi connectivity index (χ2n) is 6.52. The number of nitrogens with zero attached hydrogens (tertiary/aromatic N) is 1. The molecule has 0 aliphatic carbocycles. The highest BCUT2D eigenvalue weighted by molar-refractivity contribution is 6.76. The quantitative estimate of drug-likeness (QED) is 0.741. The minimum atomic E-state index is -1.87. The highest BCUT2D eigenvalue weighted by atomic mass is 28.4. The van der Waals surface area contributed by atoms with E-state index in [0.29, 0.717) is 12.8 Å². The minimum absolute atomic E-state index is 0.113. The van der Waals surface area contributed by atoms with Crippen LogP contribution in [-0.4, -0.2) is 39.0 Å². The second-order valence-corrected chi connectivity index (χ2v) is 15.8. The maximum Gasteiger partial charge on any atom is 0.314 e. The van der Waals surface area contributed by atoms with Crippen LogP contribution in [0.4, 0.5) is 0 Å². The van der Waals surface area contributed by atoms with E-state index in [1.165, 1.54) is 0 Å². The molecule has 0 aromatic carbocycles. The van der Waals surface area contributed by atoms with E-state index in [4.69, 9.17) is 4.43 Å². The summed E-state index contributed by atoms with van der Waals surface area (Å²) in [7, 11) is -3.66. The van der Waals surface area contributed by atoms with Gasteiger partial charge in [-0.3, -0.25) is 9.59 Å².